The number of carbonyl (C=O) groups is 2. The summed E-state index contributed by atoms with van der Waals surface area (Å²) in [6, 6.07) is 13.1. The highest BCUT2D eigenvalue weighted by Gasteiger charge is 2.21. The van der Waals surface area contributed by atoms with Crippen LogP contribution in [0.15, 0.2) is 48.5 Å². The fourth-order valence-electron chi connectivity index (χ4n) is 2.79. The normalized spacial score (nSPS) is 13.8. The van der Waals surface area contributed by atoms with E-state index in [1.54, 1.807) is 29.2 Å². The second-order valence-corrected chi connectivity index (χ2v) is 5.95. The average molecular weight is 341 g/mol. The van der Waals surface area contributed by atoms with Crippen LogP contribution in [0.3, 0.4) is 0 Å². The van der Waals surface area contributed by atoms with Crippen molar-refractivity contribution in [3.05, 3.63) is 59.9 Å². The molecule has 2 N–H and O–H groups in total. The van der Waals surface area contributed by atoms with E-state index in [0.29, 0.717) is 25.1 Å². The van der Waals surface area contributed by atoms with E-state index in [1.807, 2.05) is 12.1 Å². The first-order chi connectivity index (χ1) is 12.1. The molecule has 2 aromatic rings. The van der Waals surface area contributed by atoms with Crippen LogP contribution in [0.4, 0.5) is 20.6 Å². The predicted molar refractivity (Wildman–Crippen MR) is 95.2 cm³/mol. The SMILES string of the molecule is O=C(NCCc1ccc(F)cc1)Nc1ccc(N2CCCC2=O)cc1. The summed E-state index contributed by atoms with van der Waals surface area (Å²) in [5.74, 6) is -0.132. The zero-order valence-corrected chi connectivity index (χ0v) is 13.8. The van der Waals surface area contributed by atoms with Crippen LogP contribution >= 0.6 is 0 Å². The second-order valence-electron chi connectivity index (χ2n) is 5.95. The van der Waals surface area contributed by atoms with Gasteiger partial charge in [-0.25, -0.2) is 9.18 Å². The van der Waals surface area contributed by atoms with Crippen LogP contribution in [0.2, 0.25) is 0 Å². The predicted octanol–water partition coefficient (Wildman–Crippen LogP) is 3.32. The molecule has 3 rings (SSSR count). The fraction of sp³-hybridized carbons (Fsp3) is 0.263. The summed E-state index contributed by atoms with van der Waals surface area (Å²) < 4.78 is 12.8. The number of urea groups is 1. The van der Waals surface area contributed by atoms with Crippen LogP contribution in [-0.4, -0.2) is 25.0 Å². The lowest BCUT2D eigenvalue weighted by atomic mass is 10.1. The van der Waals surface area contributed by atoms with E-state index in [2.05, 4.69) is 10.6 Å². The molecule has 1 aliphatic heterocycles. The molecule has 1 fully saturated rings. The molecule has 5 nitrogen and oxygen atoms in total. The summed E-state index contributed by atoms with van der Waals surface area (Å²) in [4.78, 5) is 25.4. The Balaban J connectivity index is 1.46. The number of amides is 3. The molecule has 0 radical (unpaired) electrons. The Labute approximate surface area is 145 Å². The first-order valence-electron chi connectivity index (χ1n) is 8.31. The summed E-state index contributed by atoms with van der Waals surface area (Å²) in [5.41, 5.74) is 2.47. The number of rotatable bonds is 5. The van der Waals surface area contributed by atoms with Gasteiger partial charge >= 0.3 is 6.03 Å². The molecule has 0 aromatic heterocycles. The minimum Gasteiger partial charge on any atom is -0.338 e. The molecule has 1 saturated heterocycles. The monoisotopic (exact) mass is 341 g/mol. The number of hydrogen-bond acceptors (Lipinski definition) is 2. The van der Waals surface area contributed by atoms with Gasteiger partial charge in [-0.2, -0.15) is 0 Å². The van der Waals surface area contributed by atoms with Crippen LogP contribution in [0, 0.1) is 5.82 Å². The van der Waals surface area contributed by atoms with Crippen molar-refractivity contribution in [3.63, 3.8) is 0 Å². The van der Waals surface area contributed by atoms with Gasteiger partial charge in [0.05, 0.1) is 0 Å². The Morgan fingerprint density at radius 1 is 1.08 bits per heavy atom. The Bertz CT molecular complexity index is 744. The molecular formula is C19H20FN3O2. The van der Waals surface area contributed by atoms with Crippen molar-refractivity contribution >= 4 is 23.3 Å². The lowest BCUT2D eigenvalue weighted by Gasteiger charge is -2.16. The van der Waals surface area contributed by atoms with E-state index >= 15 is 0 Å². The number of hydrogen-bond donors (Lipinski definition) is 2. The van der Waals surface area contributed by atoms with E-state index in [9.17, 15) is 14.0 Å². The number of nitrogens with one attached hydrogen (secondary N) is 2. The molecular weight excluding hydrogens is 321 g/mol. The van der Waals surface area contributed by atoms with E-state index in [4.69, 9.17) is 0 Å². The van der Waals surface area contributed by atoms with Gasteiger partial charge in [0.1, 0.15) is 5.82 Å². The molecule has 0 atom stereocenters. The van der Waals surface area contributed by atoms with Crippen LogP contribution in [0.25, 0.3) is 0 Å². The van der Waals surface area contributed by atoms with Gasteiger partial charge in [0.2, 0.25) is 5.91 Å². The van der Waals surface area contributed by atoms with Gasteiger partial charge in [-0.05, 0) is 54.8 Å². The summed E-state index contributed by atoms with van der Waals surface area (Å²) in [6.07, 6.45) is 2.11. The standard InChI is InChI=1S/C19H20FN3O2/c20-15-5-3-14(4-6-15)11-12-21-19(25)22-16-7-9-17(10-8-16)23-13-1-2-18(23)24/h3-10H,1-2,11-13H2,(H2,21,22,25). The van der Waals surface area contributed by atoms with Gasteiger partial charge in [-0.1, -0.05) is 12.1 Å². The molecule has 1 aliphatic rings. The van der Waals surface area contributed by atoms with Crippen molar-refractivity contribution in [1.82, 2.24) is 5.32 Å². The first kappa shape index (κ1) is 17.0. The summed E-state index contributed by atoms with van der Waals surface area (Å²) in [5, 5.41) is 5.52. The Hall–Kier alpha value is -2.89. The lowest BCUT2D eigenvalue weighted by Crippen LogP contribution is -2.30. The molecule has 2 aromatic carbocycles. The van der Waals surface area contributed by atoms with Crippen molar-refractivity contribution < 1.29 is 14.0 Å². The van der Waals surface area contributed by atoms with Crippen LogP contribution in [0.5, 0.6) is 0 Å². The van der Waals surface area contributed by atoms with Gasteiger partial charge in [0.15, 0.2) is 0 Å². The maximum atomic E-state index is 12.8. The highest BCUT2D eigenvalue weighted by Crippen LogP contribution is 2.22. The number of carbonyl (C=O) groups excluding carboxylic acids is 2. The van der Waals surface area contributed by atoms with Crippen LogP contribution in [0.1, 0.15) is 18.4 Å². The summed E-state index contributed by atoms with van der Waals surface area (Å²) in [7, 11) is 0. The minimum absolute atomic E-state index is 0.138. The maximum Gasteiger partial charge on any atom is 0.319 e. The van der Waals surface area contributed by atoms with Gasteiger partial charge in [-0.15, -0.1) is 0 Å². The van der Waals surface area contributed by atoms with E-state index in [0.717, 1.165) is 24.2 Å². The minimum atomic E-state index is -0.299. The molecule has 0 aliphatic carbocycles. The zero-order chi connectivity index (χ0) is 17.6. The molecule has 0 spiro atoms. The molecule has 0 bridgehead atoms. The second kappa shape index (κ2) is 7.79. The summed E-state index contributed by atoms with van der Waals surface area (Å²) >= 11 is 0. The molecule has 0 unspecified atom stereocenters. The number of nitrogens with zero attached hydrogens (tertiary/aromatic N) is 1. The van der Waals surface area contributed by atoms with Gasteiger partial charge in [0.25, 0.3) is 0 Å². The zero-order valence-electron chi connectivity index (χ0n) is 13.8. The topological polar surface area (TPSA) is 61.4 Å². The molecule has 1 heterocycles. The Morgan fingerprint density at radius 2 is 1.80 bits per heavy atom. The van der Waals surface area contributed by atoms with Crippen molar-refractivity contribution in [2.24, 2.45) is 0 Å². The van der Waals surface area contributed by atoms with Crippen molar-refractivity contribution in [1.29, 1.82) is 0 Å². The smallest absolute Gasteiger partial charge is 0.319 e. The number of anilines is 2. The number of halogens is 1. The van der Waals surface area contributed by atoms with Crippen molar-refractivity contribution in [2.75, 3.05) is 23.3 Å². The van der Waals surface area contributed by atoms with E-state index in [1.165, 1.54) is 12.1 Å². The van der Waals surface area contributed by atoms with E-state index < -0.39 is 0 Å². The first-order valence-corrected chi connectivity index (χ1v) is 8.31. The lowest BCUT2D eigenvalue weighted by molar-refractivity contribution is -0.117. The molecule has 130 valence electrons. The highest BCUT2D eigenvalue weighted by atomic mass is 19.1. The average Bonchev–Trinajstić information content (AvgIpc) is 3.03. The van der Waals surface area contributed by atoms with Crippen LogP contribution in [-0.2, 0) is 11.2 Å². The largest absolute Gasteiger partial charge is 0.338 e. The third-order valence-electron chi connectivity index (χ3n) is 4.12. The maximum absolute atomic E-state index is 12.8. The molecule has 25 heavy (non-hydrogen) atoms. The van der Waals surface area contributed by atoms with Crippen molar-refractivity contribution in [2.45, 2.75) is 19.3 Å². The Morgan fingerprint density at radius 3 is 2.44 bits per heavy atom. The fourth-order valence-corrected chi connectivity index (χ4v) is 2.79. The van der Waals surface area contributed by atoms with Gasteiger partial charge < -0.3 is 15.5 Å². The van der Waals surface area contributed by atoms with E-state index in [-0.39, 0.29) is 17.8 Å². The van der Waals surface area contributed by atoms with Crippen molar-refractivity contribution in [3.8, 4) is 0 Å². The third-order valence-corrected chi connectivity index (χ3v) is 4.12. The molecule has 6 heteroatoms. The van der Waals surface area contributed by atoms with Gasteiger partial charge in [-0.3, -0.25) is 4.79 Å². The quantitative estimate of drug-likeness (QED) is 0.876. The Kier molecular flexibility index (Phi) is 5.28. The third kappa shape index (κ3) is 4.56. The summed E-state index contributed by atoms with van der Waals surface area (Å²) in [6.45, 7) is 1.20. The molecule has 3 amide bonds. The van der Waals surface area contributed by atoms with Crippen LogP contribution < -0.4 is 15.5 Å². The highest BCUT2D eigenvalue weighted by molar-refractivity contribution is 5.96. The van der Waals surface area contributed by atoms with Gasteiger partial charge in [0, 0.05) is 30.9 Å². The number of benzene rings is 2. The molecule has 0 saturated carbocycles.